The molecule has 178 valence electrons. The largest absolute Gasteiger partial charge is 0.497 e. The van der Waals surface area contributed by atoms with Crippen molar-refractivity contribution in [3.8, 4) is 17.2 Å². The van der Waals surface area contributed by atoms with Crippen molar-refractivity contribution in [1.82, 2.24) is 10.3 Å². The quantitative estimate of drug-likeness (QED) is 0.554. The molecule has 5 rings (SSSR count). The van der Waals surface area contributed by atoms with E-state index in [4.69, 9.17) is 14.2 Å². The zero-order chi connectivity index (χ0) is 23.5. The molecule has 1 aliphatic carbocycles. The van der Waals surface area contributed by atoms with Gasteiger partial charge in [-0.05, 0) is 74.6 Å². The maximum atomic E-state index is 13.1. The van der Waals surface area contributed by atoms with Gasteiger partial charge in [0, 0.05) is 29.6 Å². The van der Waals surface area contributed by atoms with Gasteiger partial charge in [-0.3, -0.25) is 9.78 Å². The van der Waals surface area contributed by atoms with Crippen LogP contribution >= 0.6 is 0 Å². The smallest absolute Gasteiger partial charge is 0.227 e. The van der Waals surface area contributed by atoms with Crippen LogP contribution in [0.4, 0.5) is 5.69 Å². The second-order valence-corrected chi connectivity index (χ2v) is 9.40. The molecule has 2 heterocycles. The molecule has 7 nitrogen and oxygen atoms in total. The monoisotopic (exact) mass is 461 g/mol. The molecule has 2 aliphatic rings. The molecular formula is C27H31N3O4. The zero-order valence-corrected chi connectivity index (χ0v) is 19.7. The van der Waals surface area contributed by atoms with Gasteiger partial charge < -0.3 is 24.8 Å². The number of anilines is 1. The highest BCUT2D eigenvalue weighted by atomic mass is 16.6. The number of rotatable bonds is 6. The van der Waals surface area contributed by atoms with Crippen LogP contribution in [-0.4, -0.2) is 36.8 Å². The SMILES string of the molecule is COc1ccc2nccc(NC(=O)C3CCC(C)(NCc4ccc5c(c4)OCCO5)CC3)c2c1. The first kappa shape index (κ1) is 22.5. The minimum absolute atomic E-state index is 0.000764. The normalized spacial score (nSPS) is 21.8. The minimum atomic E-state index is -0.00186. The second kappa shape index (κ2) is 9.50. The van der Waals surface area contributed by atoms with E-state index in [9.17, 15) is 4.79 Å². The fourth-order valence-corrected chi connectivity index (χ4v) is 4.80. The predicted molar refractivity (Wildman–Crippen MR) is 132 cm³/mol. The summed E-state index contributed by atoms with van der Waals surface area (Å²) in [7, 11) is 1.64. The van der Waals surface area contributed by atoms with Gasteiger partial charge in [-0.15, -0.1) is 0 Å². The molecule has 0 spiro atoms. The molecular weight excluding hydrogens is 430 g/mol. The lowest BCUT2D eigenvalue weighted by molar-refractivity contribution is -0.121. The number of aromatic nitrogens is 1. The number of amides is 1. The summed E-state index contributed by atoms with van der Waals surface area (Å²) in [6.45, 7) is 4.20. The maximum Gasteiger partial charge on any atom is 0.227 e. The fourth-order valence-electron chi connectivity index (χ4n) is 4.80. The number of carbonyl (C=O) groups excluding carboxylic acids is 1. The molecule has 0 bridgehead atoms. The highest BCUT2D eigenvalue weighted by Gasteiger charge is 2.33. The molecule has 1 amide bonds. The molecule has 0 atom stereocenters. The molecule has 0 radical (unpaired) electrons. The summed E-state index contributed by atoms with van der Waals surface area (Å²) < 4.78 is 16.7. The Labute approximate surface area is 199 Å². The lowest BCUT2D eigenvalue weighted by atomic mass is 9.77. The Kier molecular flexibility index (Phi) is 6.28. The number of pyridine rings is 1. The van der Waals surface area contributed by atoms with Crippen molar-refractivity contribution in [2.45, 2.75) is 44.7 Å². The van der Waals surface area contributed by atoms with E-state index in [-0.39, 0.29) is 17.4 Å². The molecule has 3 aromatic rings. The van der Waals surface area contributed by atoms with Crippen molar-refractivity contribution in [1.29, 1.82) is 0 Å². The molecule has 1 saturated carbocycles. The summed E-state index contributed by atoms with van der Waals surface area (Å²) in [5.74, 6) is 2.45. The van der Waals surface area contributed by atoms with E-state index >= 15 is 0 Å². The molecule has 34 heavy (non-hydrogen) atoms. The summed E-state index contributed by atoms with van der Waals surface area (Å²) >= 11 is 0. The number of nitrogens with one attached hydrogen (secondary N) is 2. The third-order valence-corrected chi connectivity index (χ3v) is 6.99. The lowest BCUT2D eigenvalue weighted by Crippen LogP contribution is -2.46. The first-order chi connectivity index (χ1) is 16.5. The summed E-state index contributed by atoms with van der Waals surface area (Å²) in [5.41, 5.74) is 2.78. The minimum Gasteiger partial charge on any atom is -0.497 e. The highest BCUT2D eigenvalue weighted by molar-refractivity contribution is 6.02. The lowest BCUT2D eigenvalue weighted by Gasteiger charge is -2.38. The summed E-state index contributed by atoms with van der Waals surface area (Å²) in [6.07, 6.45) is 5.32. The van der Waals surface area contributed by atoms with E-state index in [1.165, 1.54) is 5.56 Å². The highest BCUT2D eigenvalue weighted by Crippen LogP contribution is 2.35. The van der Waals surface area contributed by atoms with Gasteiger partial charge in [0.15, 0.2) is 11.5 Å². The predicted octanol–water partition coefficient (Wildman–Crippen LogP) is 4.69. The van der Waals surface area contributed by atoms with Crippen LogP contribution in [0.5, 0.6) is 17.2 Å². The van der Waals surface area contributed by atoms with Gasteiger partial charge in [0.1, 0.15) is 19.0 Å². The average Bonchev–Trinajstić information content (AvgIpc) is 2.88. The van der Waals surface area contributed by atoms with E-state index in [0.717, 1.165) is 66.1 Å². The van der Waals surface area contributed by atoms with Crippen LogP contribution in [0.25, 0.3) is 10.9 Å². The topological polar surface area (TPSA) is 81.7 Å². The Balaban J connectivity index is 1.18. The van der Waals surface area contributed by atoms with E-state index in [1.807, 2.05) is 30.3 Å². The molecule has 2 aromatic carbocycles. The van der Waals surface area contributed by atoms with Crippen molar-refractivity contribution < 1.29 is 19.0 Å². The number of ether oxygens (including phenoxy) is 3. The van der Waals surface area contributed by atoms with Crippen molar-refractivity contribution in [3.63, 3.8) is 0 Å². The van der Waals surface area contributed by atoms with Crippen LogP contribution in [0.15, 0.2) is 48.7 Å². The van der Waals surface area contributed by atoms with E-state index in [1.54, 1.807) is 13.3 Å². The summed E-state index contributed by atoms with van der Waals surface area (Å²) in [5, 5.41) is 7.74. The maximum absolute atomic E-state index is 13.1. The van der Waals surface area contributed by atoms with E-state index in [2.05, 4.69) is 34.7 Å². The number of benzene rings is 2. The Morgan fingerprint density at radius 3 is 2.68 bits per heavy atom. The number of hydrogen-bond donors (Lipinski definition) is 2. The Morgan fingerprint density at radius 1 is 1.09 bits per heavy atom. The van der Waals surface area contributed by atoms with Crippen LogP contribution in [0.2, 0.25) is 0 Å². The average molecular weight is 462 g/mol. The first-order valence-electron chi connectivity index (χ1n) is 11.9. The number of fused-ring (bicyclic) bond motifs is 2. The summed E-state index contributed by atoms with van der Waals surface area (Å²) in [6, 6.07) is 13.7. The van der Waals surface area contributed by atoms with Crippen LogP contribution in [0.1, 0.15) is 38.2 Å². The number of hydrogen-bond acceptors (Lipinski definition) is 6. The van der Waals surface area contributed by atoms with E-state index in [0.29, 0.717) is 13.2 Å². The number of carbonyl (C=O) groups is 1. The molecule has 2 N–H and O–H groups in total. The van der Waals surface area contributed by atoms with Crippen LogP contribution in [-0.2, 0) is 11.3 Å². The van der Waals surface area contributed by atoms with Gasteiger partial charge in [0.2, 0.25) is 5.91 Å². The van der Waals surface area contributed by atoms with Crippen molar-refractivity contribution in [3.05, 3.63) is 54.2 Å². The van der Waals surface area contributed by atoms with Gasteiger partial charge in [-0.2, -0.15) is 0 Å². The van der Waals surface area contributed by atoms with Crippen molar-refractivity contribution in [2.24, 2.45) is 5.92 Å². The molecule has 1 aliphatic heterocycles. The molecule has 0 unspecified atom stereocenters. The van der Waals surface area contributed by atoms with Crippen LogP contribution < -0.4 is 24.8 Å². The number of nitrogens with zero attached hydrogens (tertiary/aromatic N) is 1. The Bertz CT molecular complexity index is 1190. The van der Waals surface area contributed by atoms with Crippen molar-refractivity contribution in [2.75, 3.05) is 25.6 Å². The summed E-state index contributed by atoms with van der Waals surface area (Å²) in [4.78, 5) is 17.5. The van der Waals surface area contributed by atoms with Gasteiger partial charge in [-0.25, -0.2) is 0 Å². The second-order valence-electron chi connectivity index (χ2n) is 9.40. The standard InChI is InChI=1S/C27H31N3O4/c1-27(29-17-18-3-6-24-25(15-18)34-14-13-33-24)10-7-19(8-11-27)26(31)30-23-9-12-28-22-5-4-20(32-2)16-21(22)23/h3-6,9,12,15-16,19,29H,7-8,10-11,13-14,17H2,1-2H3,(H,28,30,31). The van der Waals surface area contributed by atoms with E-state index < -0.39 is 0 Å². The third-order valence-electron chi connectivity index (χ3n) is 6.99. The molecule has 7 heteroatoms. The molecule has 1 aromatic heterocycles. The van der Waals surface area contributed by atoms with Crippen molar-refractivity contribution >= 4 is 22.5 Å². The van der Waals surface area contributed by atoms with Crippen LogP contribution in [0.3, 0.4) is 0 Å². The van der Waals surface area contributed by atoms with Gasteiger partial charge in [0.05, 0.1) is 18.3 Å². The van der Waals surface area contributed by atoms with Crippen LogP contribution in [0, 0.1) is 5.92 Å². The van der Waals surface area contributed by atoms with Gasteiger partial charge in [-0.1, -0.05) is 6.07 Å². The van der Waals surface area contributed by atoms with Gasteiger partial charge >= 0.3 is 0 Å². The number of methoxy groups -OCH3 is 1. The zero-order valence-electron chi connectivity index (χ0n) is 19.7. The molecule has 0 saturated heterocycles. The Morgan fingerprint density at radius 2 is 1.88 bits per heavy atom. The third kappa shape index (κ3) is 4.80. The molecule has 1 fully saturated rings. The Hall–Kier alpha value is -3.32. The fraction of sp³-hybridized carbons (Fsp3) is 0.407. The van der Waals surface area contributed by atoms with Gasteiger partial charge in [0.25, 0.3) is 0 Å². The first-order valence-corrected chi connectivity index (χ1v) is 11.9.